The van der Waals surface area contributed by atoms with Gasteiger partial charge in [0.2, 0.25) is 0 Å². The first-order valence-corrected chi connectivity index (χ1v) is 6.26. The van der Waals surface area contributed by atoms with Gasteiger partial charge in [-0.15, -0.1) is 24.2 Å². The molecule has 1 aromatic rings. The summed E-state index contributed by atoms with van der Waals surface area (Å²) in [6.07, 6.45) is 2.09. The monoisotopic (exact) mass is 257 g/mol. The Kier molecular flexibility index (Phi) is 5.49. The quantitative estimate of drug-likeness (QED) is 0.813. The van der Waals surface area contributed by atoms with E-state index in [0.29, 0.717) is 0 Å². The van der Waals surface area contributed by atoms with Crippen LogP contribution in [0.3, 0.4) is 0 Å². The largest absolute Gasteiger partial charge is 0.377 e. The van der Waals surface area contributed by atoms with E-state index in [1.54, 1.807) is 11.8 Å². The van der Waals surface area contributed by atoms with E-state index in [-0.39, 0.29) is 12.4 Å². The Morgan fingerprint density at radius 1 is 1.44 bits per heavy atom. The van der Waals surface area contributed by atoms with Crippen LogP contribution >= 0.6 is 24.2 Å². The third-order valence-corrected chi connectivity index (χ3v) is 3.09. The van der Waals surface area contributed by atoms with Crippen LogP contribution < -0.4 is 10.6 Å². The predicted molar refractivity (Wildman–Crippen MR) is 74.3 cm³/mol. The lowest BCUT2D eigenvalue weighted by Gasteiger charge is -2.10. The number of hydrogen-bond acceptors (Lipinski definition) is 4. The molecule has 1 aromatic carbocycles. The van der Waals surface area contributed by atoms with E-state index < -0.39 is 0 Å². The van der Waals surface area contributed by atoms with Crippen LogP contribution in [0.5, 0.6) is 0 Å². The van der Waals surface area contributed by atoms with Crippen molar-refractivity contribution in [1.82, 2.24) is 5.32 Å². The number of thioether (sulfide) groups is 1. The molecule has 5 heteroatoms. The molecule has 0 aromatic heterocycles. The fourth-order valence-electron chi connectivity index (χ4n) is 1.53. The van der Waals surface area contributed by atoms with E-state index in [1.165, 1.54) is 10.6 Å². The zero-order valence-corrected chi connectivity index (χ0v) is 10.8. The molecule has 0 fully saturated rings. The molecule has 88 valence electrons. The van der Waals surface area contributed by atoms with Gasteiger partial charge in [0.25, 0.3) is 0 Å². The van der Waals surface area contributed by atoms with Crippen molar-refractivity contribution in [2.75, 3.05) is 31.2 Å². The van der Waals surface area contributed by atoms with Crippen molar-refractivity contribution in [3.05, 3.63) is 24.3 Å². The van der Waals surface area contributed by atoms with Crippen LogP contribution in [0.1, 0.15) is 0 Å². The zero-order chi connectivity index (χ0) is 10.5. The van der Waals surface area contributed by atoms with E-state index in [4.69, 9.17) is 0 Å². The standard InChI is InChI=1S/C11H15N3S.ClH/c1-15-10-5-3-2-4-9(10)14-8-11-12-6-7-13-11;/h2-5,14H,6-8H2,1H3,(H,12,13);1H. The van der Waals surface area contributed by atoms with Crippen molar-refractivity contribution in [3.8, 4) is 0 Å². The molecule has 2 rings (SSSR count). The molecule has 0 saturated carbocycles. The number of nitrogens with zero attached hydrogens (tertiary/aromatic N) is 1. The highest BCUT2D eigenvalue weighted by atomic mass is 35.5. The SMILES string of the molecule is CSc1ccccc1NCC1=NCCN1.Cl. The van der Waals surface area contributed by atoms with Gasteiger partial charge in [-0.25, -0.2) is 0 Å². The number of amidine groups is 1. The van der Waals surface area contributed by atoms with Gasteiger partial charge in [-0.1, -0.05) is 12.1 Å². The summed E-state index contributed by atoms with van der Waals surface area (Å²) in [5.41, 5.74) is 1.18. The van der Waals surface area contributed by atoms with Gasteiger partial charge < -0.3 is 10.6 Å². The Balaban J connectivity index is 0.00000128. The van der Waals surface area contributed by atoms with E-state index in [1.807, 2.05) is 6.07 Å². The first kappa shape index (κ1) is 13.2. The molecule has 0 saturated heterocycles. The fourth-order valence-corrected chi connectivity index (χ4v) is 2.11. The molecule has 0 amide bonds. The molecule has 16 heavy (non-hydrogen) atoms. The minimum Gasteiger partial charge on any atom is -0.377 e. The molecule has 0 unspecified atom stereocenters. The first-order valence-electron chi connectivity index (χ1n) is 5.04. The zero-order valence-electron chi connectivity index (χ0n) is 9.19. The molecule has 0 spiro atoms. The van der Waals surface area contributed by atoms with Gasteiger partial charge in [-0.05, 0) is 18.4 Å². The number of aliphatic imine (C=N–C) groups is 1. The highest BCUT2D eigenvalue weighted by Gasteiger charge is 2.05. The highest BCUT2D eigenvalue weighted by molar-refractivity contribution is 7.98. The minimum atomic E-state index is 0. The molecular weight excluding hydrogens is 242 g/mol. The first-order chi connectivity index (χ1) is 7.40. The molecule has 0 bridgehead atoms. The van der Waals surface area contributed by atoms with E-state index in [9.17, 15) is 0 Å². The molecule has 1 aliphatic rings. The van der Waals surface area contributed by atoms with Crippen LogP contribution in [0.4, 0.5) is 5.69 Å². The highest BCUT2D eigenvalue weighted by Crippen LogP contribution is 2.24. The van der Waals surface area contributed by atoms with Gasteiger partial charge in [-0.2, -0.15) is 0 Å². The van der Waals surface area contributed by atoms with E-state index in [2.05, 4.69) is 40.1 Å². The van der Waals surface area contributed by atoms with E-state index >= 15 is 0 Å². The Hall–Kier alpha value is -0.870. The van der Waals surface area contributed by atoms with Crippen LogP contribution in [0, 0.1) is 0 Å². The normalized spacial score (nSPS) is 13.7. The van der Waals surface area contributed by atoms with Gasteiger partial charge in [-0.3, -0.25) is 4.99 Å². The average Bonchev–Trinajstić information content (AvgIpc) is 2.79. The number of hydrogen-bond donors (Lipinski definition) is 2. The summed E-state index contributed by atoms with van der Waals surface area (Å²) >= 11 is 1.76. The smallest absolute Gasteiger partial charge is 0.116 e. The summed E-state index contributed by atoms with van der Waals surface area (Å²) in [6, 6.07) is 8.33. The van der Waals surface area contributed by atoms with Crippen LogP contribution in [-0.2, 0) is 0 Å². The topological polar surface area (TPSA) is 36.4 Å². The van der Waals surface area contributed by atoms with Crippen molar-refractivity contribution < 1.29 is 0 Å². The fraction of sp³-hybridized carbons (Fsp3) is 0.364. The second-order valence-electron chi connectivity index (χ2n) is 3.31. The molecule has 0 atom stereocenters. The maximum atomic E-state index is 4.34. The summed E-state index contributed by atoms with van der Waals surface area (Å²) < 4.78 is 0. The summed E-state index contributed by atoms with van der Waals surface area (Å²) in [5.74, 6) is 1.06. The van der Waals surface area contributed by atoms with Crippen LogP contribution in [0.25, 0.3) is 0 Å². The number of para-hydroxylation sites is 1. The van der Waals surface area contributed by atoms with Crippen molar-refractivity contribution in [2.45, 2.75) is 4.90 Å². The van der Waals surface area contributed by atoms with Crippen molar-refractivity contribution >= 4 is 35.7 Å². The molecule has 3 nitrogen and oxygen atoms in total. The lowest BCUT2D eigenvalue weighted by atomic mass is 10.3. The maximum absolute atomic E-state index is 4.34. The van der Waals surface area contributed by atoms with Crippen molar-refractivity contribution in [2.24, 2.45) is 4.99 Å². The Morgan fingerprint density at radius 2 is 2.25 bits per heavy atom. The lowest BCUT2D eigenvalue weighted by Crippen LogP contribution is -2.26. The van der Waals surface area contributed by atoms with Gasteiger partial charge in [0.05, 0.1) is 13.1 Å². The number of benzene rings is 1. The molecule has 2 N–H and O–H groups in total. The third kappa shape index (κ3) is 3.32. The predicted octanol–water partition coefficient (Wildman–Crippen LogP) is 2.24. The molecule has 1 heterocycles. The Labute approximate surface area is 107 Å². The van der Waals surface area contributed by atoms with Gasteiger partial charge >= 0.3 is 0 Å². The Morgan fingerprint density at radius 3 is 2.94 bits per heavy atom. The van der Waals surface area contributed by atoms with Crippen molar-refractivity contribution in [1.29, 1.82) is 0 Å². The lowest BCUT2D eigenvalue weighted by molar-refractivity contribution is 0.955. The molecule has 1 aliphatic heterocycles. The third-order valence-electron chi connectivity index (χ3n) is 2.30. The molecule has 0 radical (unpaired) electrons. The summed E-state index contributed by atoms with van der Waals surface area (Å²) in [4.78, 5) is 5.62. The molecular formula is C11H16ClN3S. The van der Waals surface area contributed by atoms with Gasteiger partial charge in [0.15, 0.2) is 0 Å². The number of anilines is 1. The Bertz CT molecular complexity index is 368. The number of rotatable bonds is 4. The van der Waals surface area contributed by atoms with Crippen LogP contribution in [-0.4, -0.2) is 31.7 Å². The minimum absolute atomic E-state index is 0. The van der Waals surface area contributed by atoms with Crippen molar-refractivity contribution in [3.63, 3.8) is 0 Å². The number of nitrogens with one attached hydrogen (secondary N) is 2. The summed E-state index contributed by atoms with van der Waals surface area (Å²) in [5, 5.41) is 6.64. The van der Waals surface area contributed by atoms with E-state index in [0.717, 1.165) is 25.5 Å². The molecule has 0 aliphatic carbocycles. The maximum Gasteiger partial charge on any atom is 0.116 e. The summed E-state index contributed by atoms with van der Waals surface area (Å²) in [7, 11) is 0. The van der Waals surface area contributed by atoms with Gasteiger partial charge in [0, 0.05) is 17.1 Å². The van der Waals surface area contributed by atoms with Crippen LogP contribution in [0.15, 0.2) is 34.2 Å². The van der Waals surface area contributed by atoms with Crippen LogP contribution in [0.2, 0.25) is 0 Å². The second kappa shape index (κ2) is 6.66. The van der Waals surface area contributed by atoms with Gasteiger partial charge in [0.1, 0.15) is 5.84 Å². The number of halogens is 1. The average molecular weight is 258 g/mol. The second-order valence-corrected chi connectivity index (χ2v) is 4.16. The summed E-state index contributed by atoms with van der Waals surface area (Å²) in [6.45, 7) is 2.67.